The van der Waals surface area contributed by atoms with E-state index in [9.17, 15) is 13.2 Å². The molecule has 0 radical (unpaired) electrons. The van der Waals surface area contributed by atoms with Gasteiger partial charge in [0.15, 0.2) is 5.96 Å². The molecule has 6 heteroatoms. The van der Waals surface area contributed by atoms with Crippen LogP contribution in [-0.4, -0.2) is 37.7 Å². The maximum Gasteiger partial charge on any atom is 0.390 e. The average molecular weight is 287 g/mol. The van der Waals surface area contributed by atoms with Gasteiger partial charge in [0, 0.05) is 27.2 Å². The van der Waals surface area contributed by atoms with E-state index in [1.807, 2.05) is 31.2 Å². The first-order valence-corrected chi connectivity index (χ1v) is 6.36. The molecule has 0 atom stereocenters. The number of halogens is 3. The van der Waals surface area contributed by atoms with Crippen molar-refractivity contribution in [2.24, 2.45) is 4.99 Å². The maximum atomic E-state index is 12.1. The van der Waals surface area contributed by atoms with Gasteiger partial charge in [-0.15, -0.1) is 0 Å². The molecule has 0 spiro atoms. The van der Waals surface area contributed by atoms with Crippen LogP contribution in [0.4, 0.5) is 13.2 Å². The fourth-order valence-corrected chi connectivity index (χ4v) is 1.82. The Balaban J connectivity index is 2.56. The number of guanidine groups is 1. The van der Waals surface area contributed by atoms with E-state index >= 15 is 0 Å². The molecule has 0 bridgehead atoms. The molecule has 0 aliphatic carbocycles. The lowest BCUT2D eigenvalue weighted by molar-refractivity contribution is -0.132. The molecule has 0 amide bonds. The Morgan fingerprint density at radius 3 is 2.50 bits per heavy atom. The smallest absolute Gasteiger partial charge is 0.356 e. The maximum absolute atomic E-state index is 12.1. The summed E-state index contributed by atoms with van der Waals surface area (Å²) in [5.74, 6) is 0.456. The van der Waals surface area contributed by atoms with Crippen molar-refractivity contribution in [1.82, 2.24) is 10.2 Å². The molecule has 0 saturated heterocycles. The summed E-state index contributed by atoms with van der Waals surface area (Å²) in [6.07, 6.45) is -5.02. The molecule has 0 fully saturated rings. The lowest BCUT2D eigenvalue weighted by Gasteiger charge is -2.23. The third-order valence-electron chi connectivity index (χ3n) is 2.93. The van der Waals surface area contributed by atoms with Gasteiger partial charge in [-0.25, -0.2) is 0 Å². The van der Waals surface area contributed by atoms with Crippen molar-refractivity contribution in [2.75, 3.05) is 20.6 Å². The van der Waals surface area contributed by atoms with Crippen LogP contribution < -0.4 is 5.32 Å². The zero-order chi connectivity index (χ0) is 15.2. The summed E-state index contributed by atoms with van der Waals surface area (Å²) in [6.45, 7) is 2.43. The van der Waals surface area contributed by atoms with E-state index in [-0.39, 0.29) is 6.54 Å². The van der Waals surface area contributed by atoms with Crippen LogP contribution >= 0.6 is 0 Å². The number of hydrogen-bond donors (Lipinski definition) is 1. The highest BCUT2D eigenvalue weighted by molar-refractivity contribution is 5.79. The van der Waals surface area contributed by atoms with Gasteiger partial charge in [0.1, 0.15) is 0 Å². The van der Waals surface area contributed by atoms with Gasteiger partial charge >= 0.3 is 6.18 Å². The van der Waals surface area contributed by atoms with E-state index in [2.05, 4.69) is 10.3 Å². The number of hydrogen-bond acceptors (Lipinski definition) is 1. The lowest BCUT2D eigenvalue weighted by atomic mass is 10.1. The van der Waals surface area contributed by atoms with Crippen molar-refractivity contribution in [3.8, 4) is 0 Å². The Kier molecular flexibility index (Phi) is 5.85. The number of rotatable bonds is 4. The van der Waals surface area contributed by atoms with Crippen molar-refractivity contribution in [3.05, 3.63) is 35.4 Å². The molecule has 0 aromatic heterocycles. The van der Waals surface area contributed by atoms with Crippen molar-refractivity contribution < 1.29 is 13.2 Å². The van der Waals surface area contributed by atoms with Crippen LogP contribution in [0, 0.1) is 6.92 Å². The number of nitrogens with one attached hydrogen (secondary N) is 1. The molecule has 0 heterocycles. The van der Waals surface area contributed by atoms with Gasteiger partial charge in [-0.2, -0.15) is 13.2 Å². The molecule has 20 heavy (non-hydrogen) atoms. The Morgan fingerprint density at radius 1 is 1.30 bits per heavy atom. The standard InChI is InChI=1S/C14H20F3N3/c1-11-6-4-5-7-12(11)10-20(3)13(18-2)19-9-8-14(15,16)17/h4-7H,8-10H2,1-3H3,(H,18,19). The molecule has 1 rings (SSSR count). The molecule has 1 aromatic rings. The van der Waals surface area contributed by atoms with Gasteiger partial charge in [0.25, 0.3) is 0 Å². The Hall–Kier alpha value is -1.72. The van der Waals surface area contributed by atoms with E-state index in [4.69, 9.17) is 0 Å². The molecule has 112 valence electrons. The van der Waals surface area contributed by atoms with Gasteiger partial charge in [-0.05, 0) is 18.1 Å². The highest BCUT2D eigenvalue weighted by Crippen LogP contribution is 2.18. The van der Waals surface area contributed by atoms with Crippen molar-refractivity contribution in [1.29, 1.82) is 0 Å². The quantitative estimate of drug-likeness (QED) is 0.681. The zero-order valence-corrected chi connectivity index (χ0v) is 12.0. The van der Waals surface area contributed by atoms with Gasteiger partial charge in [-0.3, -0.25) is 4.99 Å². The molecule has 0 unspecified atom stereocenters. The first kappa shape index (κ1) is 16.3. The van der Waals surface area contributed by atoms with Crippen LogP contribution in [0.3, 0.4) is 0 Å². The Labute approximate surface area is 117 Å². The Bertz CT molecular complexity index is 455. The second-order valence-electron chi connectivity index (χ2n) is 4.62. The normalized spacial score (nSPS) is 12.4. The third-order valence-corrected chi connectivity index (χ3v) is 2.93. The monoisotopic (exact) mass is 287 g/mol. The molecule has 3 nitrogen and oxygen atoms in total. The predicted octanol–water partition coefficient (Wildman–Crippen LogP) is 2.95. The van der Waals surface area contributed by atoms with Crippen molar-refractivity contribution in [2.45, 2.75) is 26.1 Å². The summed E-state index contributed by atoms with van der Waals surface area (Å²) in [7, 11) is 3.36. The van der Waals surface area contributed by atoms with Crippen LogP contribution in [0.25, 0.3) is 0 Å². The second-order valence-corrected chi connectivity index (χ2v) is 4.62. The minimum Gasteiger partial charge on any atom is -0.356 e. The van der Waals surface area contributed by atoms with E-state index in [1.54, 1.807) is 19.0 Å². The largest absolute Gasteiger partial charge is 0.390 e. The van der Waals surface area contributed by atoms with E-state index in [1.165, 1.54) is 0 Å². The first-order valence-electron chi connectivity index (χ1n) is 6.36. The molecular weight excluding hydrogens is 267 g/mol. The number of benzene rings is 1. The number of nitrogens with zero attached hydrogens (tertiary/aromatic N) is 2. The van der Waals surface area contributed by atoms with E-state index in [0.717, 1.165) is 11.1 Å². The Morgan fingerprint density at radius 2 is 1.95 bits per heavy atom. The summed E-state index contributed by atoms with van der Waals surface area (Å²) in [5, 5.41) is 2.72. The summed E-state index contributed by atoms with van der Waals surface area (Å²) in [6, 6.07) is 7.89. The lowest BCUT2D eigenvalue weighted by Crippen LogP contribution is -2.40. The molecule has 0 saturated carbocycles. The predicted molar refractivity (Wildman–Crippen MR) is 74.7 cm³/mol. The minimum absolute atomic E-state index is 0.172. The highest BCUT2D eigenvalue weighted by atomic mass is 19.4. The number of aliphatic imine (C=N–C) groups is 1. The van der Waals surface area contributed by atoms with Gasteiger partial charge in [0.2, 0.25) is 0 Å². The van der Waals surface area contributed by atoms with Gasteiger partial charge in [0.05, 0.1) is 6.42 Å². The summed E-state index contributed by atoms with van der Waals surface area (Å²) in [4.78, 5) is 5.80. The van der Waals surface area contributed by atoms with Crippen molar-refractivity contribution in [3.63, 3.8) is 0 Å². The van der Waals surface area contributed by atoms with Crippen LogP contribution in [0.15, 0.2) is 29.3 Å². The highest BCUT2D eigenvalue weighted by Gasteiger charge is 2.26. The van der Waals surface area contributed by atoms with Gasteiger partial charge < -0.3 is 10.2 Å². The van der Waals surface area contributed by atoms with Crippen LogP contribution in [-0.2, 0) is 6.54 Å². The van der Waals surface area contributed by atoms with Crippen LogP contribution in [0.2, 0.25) is 0 Å². The van der Waals surface area contributed by atoms with E-state index in [0.29, 0.717) is 12.5 Å². The van der Waals surface area contributed by atoms with Crippen LogP contribution in [0.1, 0.15) is 17.5 Å². The molecule has 1 N–H and O–H groups in total. The third kappa shape index (κ3) is 5.50. The summed E-state index contributed by atoms with van der Waals surface area (Å²) in [5.41, 5.74) is 2.26. The molecule has 0 aliphatic rings. The number of aryl methyl sites for hydroxylation is 1. The van der Waals surface area contributed by atoms with Crippen LogP contribution in [0.5, 0.6) is 0 Å². The summed E-state index contributed by atoms with van der Waals surface area (Å²) >= 11 is 0. The summed E-state index contributed by atoms with van der Waals surface area (Å²) < 4.78 is 36.4. The minimum atomic E-state index is -4.15. The SMILES string of the molecule is CN=C(NCCC(F)(F)F)N(C)Cc1ccccc1C. The second kappa shape index (κ2) is 7.17. The topological polar surface area (TPSA) is 27.6 Å². The van der Waals surface area contributed by atoms with Crippen molar-refractivity contribution >= 4 is 5.96 Å². The molecule has 0 aliphatic heterocycles. The first-order chi connectivity index (χ1) is 9.33. The van der Waals surface area contributed by atoms with E-state index < -0.39 is 12.6 Å². The average Bonchev–Trinajstić information content (AvgIpc) is 2.36. The zero-order valence-electron chi connectivity index (χ0n) is 12.0. The van der Waals surface area contributed by atoms with Gasteiger partial charge in [-0.1, -0.05) is 24.3 Å². The molecular formula is C14H20F3N3. The fourth-order valence-electron chi connectivity index (χ4n) is 1.82. The fraction of sp³-hybridized carbons (Fsp3) is 0.500. The molecule has 1 aromatic carbocycles. The number of alkyl halides is 3.